The Bertz CT molecular complexity index is 1530. The third-order valence-electron chi connectivity index (χ3n) is 7.48. The Morgan fingerprint density at radius 2 is 1.93 bits per heavy atom. The molecule has 1 atom stereocenters. The minimum atomic E-state index is -0.714. The Hall–Kier alpha value is -4.98. The highest BCUT2D eigenvalue weighted by molar-refractivity contribution is 5.99. The van der Waals surface area contributed by atoms with Crippen LogP contribution in [0.1, 0.15) is 45.2 Å². The largest absolute Gasteiger partial charge is 0.495 e. The van der Waals surface area contributed by atoms with E-state index in [0.29, 0.717) is 67.6 Å². The minimum absolute atomic E-state index is 0.0251. The van der Waals surface area contributed by atoms with Crippen LogP contribution < -0.4 is 21.1 Å². The van der Waals surface area contributed by atoms with Crippen molar-refractivity contribution in [3.8, 4) is 5.75 Å². The number of amides is 3. The van der Waals surface area contributed by atoms with Crippen LogP contribution in [0.4, 0.5) is 23.1 Å². The Kier molecular flexibility index (Phi) is 8.85. The van der Waals surface area contributed by atoms with Gasteiger partial charge in [0.05, 0.1) is 43.9 Å². The maximum Gasteiger partial charge on any atom is 0.254 e. The molecule has 226 valence electrons. The number of rotatable bonds is 9. The standard InChI is InChI=1S/C29H35N9O5/c1-4-24(39)37-7-5-6-21(17-37)38-16-20(14-32-38)33-29-31-15-22(26(30)40)27(35-29)34-25-18(2)12-19(13-23(25)42-3)28(41)36-8-10-43-11-9-36/h4,12-16,21H,1,5-11,17H2,2-3H3,(H2,30,40)(H2,31,33,34,35)/t21-/m0/s1. The number of nitrogens with one attached hydrogen (secondary N) is 2. The molecular formula is C29H35N9O5. The molecule has 1 aromatic carbocycles. The summed E-state index contributed by atoms with van der Waals surface area (Å²) < 4.78 is 12.8. The van der Waals surface area contributed by atoms with E-state index in [9.17, 15) is 14.4 Å². The maximum atomic E-state index is 13.1. The van der Waals surface area contributed by atoms with Gasteiger partial charge in [0, 0.05) is 44.1 Å². The molecule has 2 aromatic heterocycles. The van der Waals surface area contributed by atoms with Crippen LogP contribution in [0.3, 0.4) is 0 Å². The minimum Gasteiger partial charge on any atom is -0.495 e. The summed E-state index contributed by atoms with van der Waals surface area (Å²) in [4.78, 5) is 49.7. The van der Waals surface area contributed by atoms with E-state index in [1.165, 1.54) is 19.4 Å². The molecule has 14 heteroatoms. The summed E-state index contributed by atoms with van der Waals surface area (Å²) in [6.07, 6.45) is 7.88. The van der Waals surface area contributed by atoms with Gasteiger partial charge in [-0.2, -0.15) is 10.1 Å². The molecule has 3 amide bonds. The van der Waals surface area contributed by atoms with E-state index in [2.05, 4.69) is 32.3 Å². The lowest BCUT2D eigenvalue weighted by atomic mass is 10.1. The fourth-order valence-electron chi connectivity index (χ4n) is 5.22. The number of hydrogen-bond donors (Lipinski definition) is 3. The number of hydrogen-bond acceptors (Lipinski definition) is 10. The zero-order valence-electron chi connectivity index (χ0n) is 24.2. The molecule has 0 bridgehead atoms. The third kappa shape index (κ3) is 6.59. The molecular weight excluding hydrogens is 554 g/mol. The molecule has 2 fully saturated rings. The molecule has 14 nitrogen and oxygen atoms in total. The van der Waals surface area contributed by atoms with Gasteiger partial charge in [0.2, 0.25) is 11.9 Å². The molecule has 0 spiro atoms. The zero-order chi connectivity index (χ0) is 30.5. The van der Waals surface area contributed by atoms with Crippen molar-refractivity contribution in [3.05, 3.63) is 60.1 Å². The monoisotopic (exact) mass is 589 g/mol. The van der Waals surface area contributed by atoms with Crippen LogP contribution in [0.2, 0.25) is 0 Å². The van der Waals surface area contributed by atoms with Crippen LogP contribution in [0.15, 0.2) is 43.4 Å². The molecule has 0 saturated carbocycles. The summed E-state index contributed by atoms with van der Waals surface area (Å²) in [5, 5.41) is 10.8. The number of primary amides is 1. The highest BCUT2D eigenvalue weighted by atomic mass is 16.5. The molecule has 43 heavy (non-hydrogen) atoms. The van der Waals surface area contributed by atoms with Gasteiger partial charge in [0.25, 0.3) is 11.8 Å². The fourth-order valence-corrected chi connectivity index (χ4v) is 5.22. The lowest BCUT2D eigenvalue weighted by Gasteiger charge is -2.32. The first-order valence-electron chi connectivity index (χ1n) is 14.0. The van der Waals surface area contributed by atoms with Gasteiger partial charge in [-0.25, -0.2) is 4.98 Å². The smallest absolute Gasteiger partial charge is 0.254 e. The first-order chi connectivity index (χ1) is 20.8. The predicted octanol–water partition coefficient (Wildman–Crippen LogP) is 2.40. The number of carbonyl (C=O) groups is 3. The predicted molar refractivity (Wildman–Crippen MR) is 159 cm³/mol. The van der Waals surface area contributed by atoms with Crippen molar-refractivity contribution < 1.29 is 23.9 Å². The molecule has 0 radical (unpaired) electrons. The number of methoxy groups -OCH3 is 1. The van der Waals surface area contributed by atoms with Crippen molar-refractivity contribution in [1.29, 1.82) is 0 Å². The second kappa shape index (κ2) is 12.9. The van der Waals surface area contributed by atoms with E-state index in [4.69, 9.17) is 15.2 Å². The average molecular weight is 590 g/mol. The van der Waals surface area contributed by atoms with Crippen molar-refractivity contribution >= 4 is 40.9 Å². The lowest BCUT2D eigenvalue weighted by molar-refractivity contribution is -0.127. The summed E-state index contributed by atoms with van der Waals surface area (Å²) in [6.45, 7) is 8.68. The number of morpholine rings is 1. The first kappa shape index (κ1) is 29.5. The van der Waals surface area contributed by atoms with Gasteiger partial charge in [-0.3, -0.25) is 19.1 Å². The summed E-state index contributed by atoms with van der Waals surface area (Å²) in [5.74, 6) is -0.155. The highest BCUT2D eigenvalue weighted by Gasteiger charge is 2.25. The Morgan fingerprint density at radius 1 is 1.14 bits per heavy atom. The Balaban J connectivity index is 1.36. The maximum absolute atomic E-state index is 13.1. The van der Waals surface area contributed by atoms with Crippen LogP contribution in [-0.2, 0) is 9.53 Å². The van der Waals surface area contributed by atoms with Gasteiger partial charge in [-0.05, 0) is 43.5 Å². The molecule has 3 aromatic rings. The molecule has 2 saturated heterocycles. The highest BCUT2D eigenvalue weighted by Crippen LogP contribution is 2.34. The molecule has 2 aliphatic heterocycles. The number of ether oxygens (including phenoxy) is 2. The van der Waals surface area contributed by atoms with Crippen LogP contribution in [0, 0.1) is 6.92 Å². The number of benzene rings is 1. The molecule has 4 N–H and O–H groups in total. The van der Waals surface area contributed by atoms with Gasteiger partial charge in [-0.1, -0.05) is 6.58 Å². The van der Waals surface area contributed by atoms with Gasteiger partial charge in [0.1, 0.15) is 17.1 Å². The molecule has 0 unspecified atom stereocenters. The van der Waals surface area contributed by atoms with Crippen molar-refractivity contribution in [2.75, 3.05) is 57.1 Å². The number of anilines is 4. The van der Waals surface area contributed by atoms with E-state index < -0.39 is 5.91 Å². The third-order valence-corrected chi connectivity index (χ3v) is 7.48. The van der Waals surface area contributed by atoms with E-state index >= 15 is 0 Å². The number of nitrogens with zero attached hydrogens (tertiary/aromatic N) is 6. The molecule has 0 aliphatic carbocycles. The number of nitrogens with two attached hydrogens (primary N) is 1. The molecule has 2 aliphatic rings. The number of aryl methyl sites for hydroxylation is 1. The van der Waals surface area contributed by atoms with Gasteiger partial charge in [0.15, 0.2) is 0 Å². The van der Waals surface area contributed by atoms with Crippen molar-refractivity contribution in [3.63, 3.8) is 0 Å². The number of aromatic nitrogens is 4. The Labute approximate surface area is 248 Å². The molecule has 5 rings (SSSR count). The van der Waals surface area contributed by atoms with Crippen molar-refractivity contribution in [2.45, 2.75) is 25.8 Å². The number of piperidine rings is 1. The van der Waals surface area contributed by atoms with Crippen LogP contribution in [0.25, 0.3) is 0 Å². The molecule has 4 heterocycles. The van der Waals surface area contributed by atoms with Crippen molar-refractivity contribution in [2.24, 2.45) is 5.73 Å². The summed E-state index contributed by atoms with van der Waals surface area (Å²) in [5.41, 5.74) is 8.05. The van der Waals surface area contributed by atoms with E-state index in [1.807, 2.05) is 17.8 Å². The number of likely N-dealkylation sites (tertiary alicyclic amines) is 1. The van der Waals surface area contributed by atoms with Crippen LogP contribution in [-0.4, -0.2) is 93.8 Å². The van der Waals surface area contributed by atoms with E-state index in [1.54, 1.807) is 28.1 Å². The lowest BCUT2D eigenvalue weighted by Crippen LogP contribution is -2.40. The Morgan fingerprint density at radius 3 is 2.65 bits per heavy atom. The van der Waals surface area contributed by atoms with Crippen LogP contribution >= 0.6 is 0 Å². The average Bonchev–Trinajstić information content (AvgIpc) is 3.50. The van der Waals surface area contributed by atoms with Gasteiger partial charge in [-0.15, -0.1) is 0 Å². The topological polar surface area (TPSA) is 170 Å². The van der Waals surface area contributed by atoms with E-state index in [-0.39, 0.29) is 35.2 Å². The first-order valence-corrected chi connectivity index (χ1v) is 14.0. The SMILES string of the molecule is C=CC(=O)N1CCC[C@H](n2cc(Nc3ncc(C(N)=O)c(Nc4c(C)cc(C(=O)N5CCOCC5)cc4OC)n3)cn2)C1. The van der Waals surface area contributed by atoms with Gasteiger partial charge < -0.3 is 35.6 Å². The normalized spacial score (nSPS) is 16.8. The van der Waals surface area contributed by atoms with E-state index in [0.717, 1.165) is 12.8 Å². The second-order valence-electron chi connectivity index (χ2n) is 10.3. The quantitative estimate of drug-likeness (QED) is 0.315. The fraction of sp³-hybridized carbons (Fsp3) is 0.379. The van der Waals surface area contributed by atoms with Crippen molar-refractivity contribution in [1.82, 2.24) is 29.5 Å². The summed E-state index contributed by atoms with van der Waals surface area (Å²) in [6, 6.07) is 3.44. The number of carbonyl (C=O) groups excluding carboxylic acids is 3. The zero-order valence-corrected chi connectivity index (χ0v) is 24.2. The van der Waals surface area contributed by atoms with Gasteiger partial charge >= 0.3 is 0 Å². The summed E-state index contributed by atoms with van der Waals surface area (Å²) in [7, 11) is 1.50. The summed E-state index contributed by atoms with van der Waals surface area (Å²) >= 11 is 0. The second-order valence-corrected chi connectivity index (χ2v) is 10.3. The van der Waals surface area contributed by atoms with Crippen LogP contribution in [0.5, 0.6) is 5.75 Å².